The molecule has 0 amide bonds. The van der Waals surface area contributed by atoms with Crippen molar-refractivity contribution in [2.75, 3.05) is 5.75 Å². The average molecular weight is 160 g/mol. The third-order valence-electron chi connectivity index (χ3n) is 1.10. The van der Waals surface area contributed by atoms with Gasteiger partial charge >= 0.3 is 0 Å². The Bertz CT molecular complexity index is 160. The van der Waals surface area contributed by atoms with Crippen molar-refractivity contribution in [3.05, 3.63) is 22.4 Å². The van der Waals surface area contributed by atoms with Crippen LogP contribution in [0, 0.1) is 0 Å². The second-order valence-electron chi connectivity index (χ2n) is 1.76. The summed E-state index contributed by atoms with van der Waals surface area (Å²) < 4.78 is 0. The fourth-order valence-electron chi connectivity index (χ4n) is 0.570. The molecule has 0 spiro atoms. The SMILES string of the molecule is OC(CS)c1ccsc1. The van der Waals surface area contributed by atoms with Gasteiger partial charge in [0.25, 0.3) is 0 Å². The van der Waals surface area contributed by atoms with Gasteiger partial charge in [0.05, 0.1) is 6.10 Å². The summed E-state index contributed by atoms with van der Waals surface area (Å²) >= 11 is 5.55. The summed E-state index contributed by atoms with van der Waals surface area (Å²) in [5, 5.41) is 13.0. The number of hydrogen-bond donors (Lipinski definition) is 2. The van der Waals surface area contributed by atoms with Crippen LogP contribution in [0.5, 0.6) is 0 Å². The van der Waals surface area contributed by atoms with Crippen molar-refractivity contribution in [3.63, 3.8) is 0 Å². The van der Waals surface area contributed by atoms with E-state index in [4.69, 9.17) is 5.11 Å². The predicted molar refractivity (Wildman–Crippen MR) is 43.1 cm³/mol. The zero-order chi connectivity index (χ0) is 6.69. The molecular weight excluding hydrogens is 152 g/mol. The van der Waals surface area contributed by atoms with E-state index in [-0.39, 0.29) is 6.10 Å². The van der Waals surface area contributed by atoms with Gasteiger partial charge in [-0.05, 0) is 22.4 Å². The fourth-order valence-corrected chi connectivity index (χ4v) is 1.49. The molecule has 1 N–H and O–H groups in total. The van der Waals surface area contributed by atoms with Crippen LogP contribution in [0.2, 0.25) is 0 Å². The Morgan fingerprint density at radius 1 is 1.78 bits per heavy atom. The number of aliphatic hydroxyl groups excluding tert-OH is 1. The lowest BCUT2D eigenvalue weighted by molar-refractivity contribution is 0.205. The number of hydrogen-bond acceptors (Lipinski definition) is 3. The van der Waals surface area contributed by atoms with Crippen LogP contribution in [-0.4, -0.2) is 10.9 Å². The first-order valence-electron chi connectivity index (χ1n) is 2.65. The molecule has 3 heteroatoms. The van der Waals surface area contributed by atoms with E-state index >= 15 is 0 Å². The summed E-state index contributed by atoms with van der Waals surface area (Å²) in [6.45, 7) is 0. The van der Waals surface area contributed by atoms with Crippen molar-refractivity contribution >= 4 is 24.0 Å². The second-order valence-corrected chi connectivity index (χ2v) is 2.90. The largest absolute Gasteiger partial charge is 0.388 e. The van der Waals surface area contributed by atoms with E-state index in [0.29, 0.717) is 5.75 Å². The Balaban J connectivity index is 2.65. The van der Waals surface area contributed by atoms with Crippen LogP contribution in [0.25, 0.3) is 0 Å². The molecule has 0 saturated carbocycles. The van der Waals surface area contributed by atoms with Crippen LogP contribution >= 0.6 is 24.0 Å². The minimum absolute atomic E-state index is 0.389. The standard InChI is InChI=1S/C6H8OS2/c7-6(3-8)5-1-2-9-4-5/h1-2,4,6-8H,3H2. The molecule has 1 rings (SSSR count). The molecule has 9 heavy (non-hydrogen) atoms. The van der Waals surface area contributed by atoms with Crippen LogP contribution in [0.3, 0.4) is 0 Å². The number of thiophene rings is 1. The topological polar surface area (TPSA) is 20.2 Å². The van der Waals surface area contributed by atoms with Gasteiger partial charge in [-0.2, -0.15) is 24.0 Å². The van der Waals surface area contributed by atoms with Gasteiger partial charge in [0.2, 0.25) is 0 Å². The maximum Gasteiger partial charge on any atom is 0.0885 e. The summed E-state index contributed by atoms with van der Waals surface area (Å²) in [7, 11) is 0. The van der Waals surface area contributed by atoms with Crippen LogP contribution in [0.4, 0.5) is 0 Å². The van der Waals surface area contributed by atoms with Gasteiger partial charge in [-0.1, -0.05) is 0 Å². The molecule has 0 bridgehead atoms. The zero-order valence-corrected chi connectivity index (χ0v) is 6.53. The molecule has 1 atom stereocenters. The number of thiol groups is 1. The number of aliphatic hydroxyl groups is 1. The molecule has 1 unspecified atom stereocenters. The van der Waals surface area contributed by atoms with Crippen molar-refractivity contribution in [2.24, 2.45) is 0 Å². The van der Waals surface area contributed by atoms with Crippen LogP contribution in [0.15, 0.2) is 16.8 Å². The lowest BCUT2D eigenvalue weighted by Gasteiger charge is -2.01. The molecule has 1 nitrogen and oxygen atoms in total. The van der Waals surface area contributed by atoms with E-state index in [1.807, 2.05) is 16.8 Å². The summed E-state index contributed by atoms with van der Waals surface area (Å²) in [5.41, 5.74) is 0.968. The Kier molecular flexibility index (Phi) is 2.57. The summed E-state index contributed by atoms with van der Waals surface area (Å²) in [5.74, 6) is 0.497. The molecule has 0 aliphatic rings. The van der Waals surface area contributed by atoms with E-state index in [1.54, 1.807) is 11.3 Å². The Morgan fingerprint density at radius 2 is 2.56 bits per heavy atom. The highest BCUT2D eigenvalue weighted by molar-refractivity contribution is 7.80. The van der Waals surface area contributed by atoms with E-state index in [0.717, 1.165) is 5.56 Å². The monoisotopic (exact) mass is 160 g/mol. The molecule has 1 heterocycles. The highest BCUT2D eigenvalue weighted by atomic mass is 32.1. The summed E-state index contributed by atoms with van der Waals surface area (Å²) in [6.07, 6.45) is -0.389. The van der Waals surface area contributed by atoms with Crippen molar-refractivity contribution < 1.29 is 5.11 Å². The third kappa shape index (κ3) is 1.71. The molecule has 0 aliphatic heterocycles. The van der Waals surface area contributed by atoms with E-state index in [9.17, 15) is 0 Å². The van der Waals surface area contributed by atoms with Crippen LogP contribution < -0.4 is 0 Å². The van der Waals surface area contributed by atoms with Crippen LogP contribution in [0.1, 0.15) is 11.7 Å². The molecule has 0 saturated heterocycles. The van der Waals surface area contributed by atoms with Crippen molar-refractivity contribution in [1.82, 2.24) is 0 Å². The minimum Gasteiger partial charge on any atom is -0.388 e. The second kappa shape index (κ2) is 3.25. The van der Waals surface area contributed by atoms with Gasteiger partial charge in [-0.15, -0.1) is 0 Å². The molecule has 0 aliphatic carbocycles. The maximum absolute atomic E-state index is 9.15. The molecule has 0 radical (unpaired) electrons. The predicted octanol–water partition coefficient (Wildman–Crippen LogP) is 1.71. The van der Waals surface area contributed by atoms with E-state index < -0.39 is 0 Å². The van der Waals surface area contributed by atoms with Gasteiger partial charge in [-0.25, -0.2) is 0 Å². The maximum atomic E-state index is 9.15. The molecule has 1 aromatic rings. The van der Waals surface area contributed by atoms with E-state index in [1.165, 1.54) is 0 Å². The van der Waals surface area contributed by atoms with Gasteiger partial charge < -0.3 is 5.11 Å². The fraction of sp³-hybridized carbons (Fsp3) is 0.333. The minimum atomic E-state index is -0.389. The quantitative estimate of drug-likeness (QED) is 0.631. The first-order chi connectivity index (χ1) is 4.34. The first-order valence-corrected chi connectivity index (χ1v) is 4.23. The molecule has 0 fully saturated rings. The lowest BCUT2D eigenvalue weighted by Crippen LogP contribution is -1.95. The Morgan fingerprint density at radius 3 is 3.00 bits per heavy atom. The number of rotatable bonds is 2. The molecule has 1 aromatic heterocycles. The summed E-state index contributed by atoms with van der Waals surface area (Å²) in [6, 6.07) is 1.91. The van der Waals surface area contributed by atoms with Crippen molar-refractivity contribution in [2.45, 2.75) is 6.10 Å². The van der Waals surface area contributed by atoms with Crippen molar-refractivity contribution in [3.8, 4) is 0 Å². The highest BCUT2D eigenvalue weighted by Crippen LogP contribution is 2.16. The molecule has 0 aromatic carbocycles. The Labute approximate surface area is 63.8 Å². The normalized spacial score (nSPS) is 13.6. The van der Waals surface area contributed by atoms with Gasteiger partial charge in [0.1, 0.15) is 0 Å². The highest BCUT2D eigenvalue weighted by Gasteiger charge is 2.02. The lowest BCUT2D eigenvalue weighted by atomic mass is 10.2. The smallest absolute Gasteiger partial charge is 0.0885 e. The average Bonchev–Trinajstić information content (AvgIpc) is 2.37. The van der Waals surface area contributed by atoms with Gasteiger partial charge in [0, 0.05) is 5.75 Å². The Hall–Kier alpha value is 0.01000. The first kappa shape index (κ1) is 7.12. The molecule has 50 valence electrons. The van der Waals surface area contributed by atoms with Crippen molar-refractivity contribution in [1.29, 1.82) is 0 Å². The van der Waals surface area contributed by atoms with Crippen LogP contribution in [-0.2, 0) is 0 Å². The molecular formula is C6H8OS2. The van der Waals surface area contributed by atoms with Gasteiger partial charge in [-0.3, -0.25) is 0 Å². The third-order valence-corrected chi connectivity index (χ3v) is 2.15. The summed E-state index contributed by atoms with van der Waals surface area (Å²) in [4.78, 5) is 0. The van der Waals surface area contributed by atoms with Gasteiger partial charge in [0.15, 0.2) is 0 Å². The zero-order valence-electron chi connectivity index (χ0n) is 4.82. The van der Waals surface area contributed by atoms with E-state index in [2.05, 4.69) is 12.6 Å².